The van der Waals surface area contributed by atoms with Crippen molar-refractivity contribution in [3.8, 4) is 11.3 Å². The second-order valence-corrected chi connectivity index (χ2v) is 3.77. The van der Waals surface area contributed by atoms with E-state index in [1.807, 2.05) is 18.2 Å². The van der Waals surface area contributed by atoms with Crippen LogP contribution >= 0.6 is 0 Å². The molecule has 2 aromatic rings. The molecule has 0 bridgehead atoms. The Labute approximate surface area is 104 Å². The van der Waals surface area contributed by atoms with Gasteiger partial charge in [0, 0.05) is 5.56 Å². The summed E-state index contributed by atoms with van der Waals surface area (Å²) in [5.41, 5.74) is 1.14. The van der Waals surface area contributed by atoms with E-state index in [0.717, 1.165) is 5.56 Å². The average Bonchev–Trinajstić information content (AvgIpc) is 2.83. The Morgan fingerprint density at radius 3 is 2.39 bits per heavy atom. The van der Waals surface area contributed by atoms with Crippen molar-refractivity contribution in [3.05, 3.63) is 47.7 Å². The third-order valence-corrected chi connectivity index (χ3v) is 2.60. The molecule has 0 unspecified atom stereocenters. The number of ether oxygens (including phenoxy) is 1. The van der Waals surface area contributed by atoms with Crippen molar-refractivity contribution < 1.29 is 18.7 Å². The molecule has 18 heavy (non-hydrogen) atoms. The summed E-state index contributed by atoms with van der Waals surface area (Å²) >= 11 is 0. The number of benzene rings is 1. The molecule has 92 valence electrons. The molecule has 0 aliphatic carbocycles. The van der Waals surface area contributed by atoms with Gasteiger partial charge in [-0.15, -0.1) is 0 Å². The summed E-state index contributed by atoms with van der Waals surface area (Å²) in [6.07, 6.45) is 1.29. The average molecular weight is 244 g/mol. The van der Waals surface area contributed by atoms with Gasteiger partial charge in [-0.3, -0.25) is 4.79 Å². The van der Waals surface area contributed by atoms with Crippen molar-refractivity contribution in [2.45, 2.75) is 6.92 Å². The van der Waals surface area contributed by atoms with Gasteiger partial charge in [0.2, 0.25) is 0 Å². The first kappa shape index (κ1) is 12.1. The lowest BCUT2D eigenvalue weighted by Crippen LogP contribution is -2.07. The predicted molar refractivity (Wildman–Crippen MR) is 65.5 cm³/mol. The zero-order valence-corrected chi connectivity index (χ0v) is 10.1. The molecule has 4 nitrogen and oxygen atoms in total. The fourth-order valence-electron chi connectivity index (χ4n) is 1.72. The van der Waals surface area contributed by atoms with E-state index in [1.165, 1.54) is 20.3 Å². The van der Waals surface area contributed by atoms with E-state index >= 15 is 0 Å². The van der Waals surface area contributed by atoms with Crippen LogP contribution in [0.5, 0.6) is 0 Å². The van der Waals surface area contributed by atoms with E-state index in [4.69, 9.17) is 9.15 Å². The zero-order chi connectivity index (χ0) is 13.1. The number of Topliss-reactive ketones (excluding diaryl/α,β-unsaturated/α-hetero) is 1. The van der Waals surface area contributed by atoms with Gasteiger partial charge in [-0.1, -0.05) is 30.3 Å². The monoisotopic (exact) mass is 244 g/mol. The molecule has 0 radical (unpaired) electrons. The Bertz CT molecular complexity index is 581. The van der Waals surface area contributed by atoms with Gasteiger partial charge in [0.15, 0.2) is 5.78 Å². The van der Waals surface area contributed by atoms with E-state index in [9.17, 15) is 9.59 Å². The van der Waals surface area contributed by atoms with Gasteiger partial charge in [-0.25, -0.2) is 4.79 Å². The highest BCUT2D eigenvalue weighted by molar-refractivity contribution is 6.08. The van der Waals surface area contributed by atoms with Crippen molar-refractivity contribution in [3.63, 3.8) is 0 Å². The van der Waals surface area contributed by atoms with Crippen LogP contribution in [-0.2, 0) is 4.74 Å². The maximum Gasteiger partial charge on any atom is 0.342 e. The number of methoxy groups -OCH3 is 1. The zero-order valence-electron chi connectivity index (χ0n) is 10.1. The van der Waals surface area contributed by atoms with Gasteiger partial charge in [0.1, 0.15) is 17.6 Å². The molecule has 1 heterocycles. The number of rotatable bonds is 3. The molecule has 4 heteroatoms. The van der Waals surface area contributed by atoms with Gasteiger partial charge < -0.3 is 9.15 Å². The second-order valence-electron chi connectivity index (χ2n) is 3.77. The van der Waals surface area contributed by atoms with Crippen molar-refractivity contribution >= 4 is 11.8 Å². The highest BCUT2D eigenvalue weighted by atomic mass is 16.5. The van der Waals surface area contributed by atoms with Crippen LogP contribution in [0.1, 0.15) is 27.6 Å². The van der Waals surface area contributed by atoms with Crippen LogP contribution in [-0.4, -0.2) is 18.9 Å². The molecule has 1 aromatic heterocycles. The predicted octanol–water partition coefficient (Wildman–Crippen LogP) is 2.94. The fourth-order valence-corrected chi connectivity index (χ4v) is 1.72. The smallest absolute Gasteiger partial charge is 0.342 e. The molecule has 2 rings (SSSR count). The first-order chi connectivity index (χ1) is 8.65. The van der Waals surface area contributed by atoms with Gasteiger partial charge in [-0.2, -0.15) is 0 Å². The molecule has 0 aliphatic heterocycles. The molecular formula is C14H12O4. The molecule has 0 aliphatic rings. The standard InChI is InChI=1S/C14H12O4/c1-9(15)11-8-18-13(12(11)14(16)17-2)10-6-4-3-5-7-10/h3-8H,1-2H3. The van der Waals surface area contributed by atoms with Crippen LogP contribution in [0, 0.1) is 0 Å². The summed E-state index contributed by atoms with van der Waals surface area (Å²) < 4.78 is 10.0. The van der Waals surface area contributed by atoms with Crippen molar-refractivity contribution in [1.29, 1.82) is 0 Å². The second kappa shape index (κ2) is 4.87. The highest BCUT2D eigenvalue weighted by Crippen LogP contribution is 2.29. The van der Waals surface area contributed by atoms with Crippen LogP contribution < -0.4 is 0 Å². The minimum atomic E-state index is -0.576. The van der Waals surface area contributed by atoms with Crippen molar-refractivity contribution in [2.75, 3.05) is 7.11 Å². The highest BCUT2D eigenvalue weighted by Gasteiger charge is 2.24. The fraction of sp³-hybridized carbons (Fsp3) is 0.143. The molecule has 0 saturated carbocycles. The molecule has 0 atom stereocenters. The topological polar surface area (TPSA) is 56.5 Å². The van der Waals surface area contributed by atoms with Crippen LogP contribution in [0.3, 0.4) is 0 Å². The Kier molecular flexibility index (Phi) is 3.28. The molecular weight excluding hydrogens is 232 g/mol. The Morgan fingerprint density at radius 1 is 1.17 bits per heavy atom. The largest absolute Gasteiger partial charge is 0.465 e. The van der Waals surface area contributed by atoms with E-state index in [2.05, 4.69) is 0 Å². The Balaban J connectivity index is 2.62. The SMILES string of the molecule is COC(=O)c1c(C(C)=O)coc1-c1ccccc1. The third kappa shape index (κ3) is 2.05. The van der Waals surface area contributed by atoms with Crippen molar-refractivity contribution in [2.24, 2.45) is 0 Å². The third-order valence-electron chi connectivity index (χ3n) is 2.60. The van der Waals surface area contributed by atoms with E-state index in [1.54, 1.807) is 12.1 Å². The number of esters is 1. The molecule has 0 fully saturated rings. The molecule has 1 aromatic carbocycles. The first-order valence-electron chi connectivity index (χ1n) is 5.41. The number of carbonyl (C=O) groups is 2. The number of carbonyl (C=O) groups excluding carboxylic acids is 2. The van der Waals surface area contributed by atoms with E-state index in [-0.39, 0.29) is 16.9 Å². The van der Waals surface area contributed by atoms with Gasteiger partial charge in [0.25, 0.3) is 0 Å². The normalized spacial score (nSPS) is 10.1. The Hall–Kier alpha value is -2.36. The van der Waals surface area contributed by atoms with Crippen LogP contribution in [0.2, 0.25) is 0 Å². The van der Waals surface area contributed by atoms with Crippen LogP contribution in [0.4, 0.5) is 0 Å². The number of hydrogen-bond donors (Lipinski definition) is 0. The molecule has 0 amide bonds. The first-order valence-corrected chi connectivity index (χ1v) is 5.41. The lowest BCUT2D eigenvalue weighted by molar-refractivity contribution is 0.0598. The summed E-state index contributed by atoms with van der Waals surface area (Å²) in [5, 5.41) is 0. The maximum absolute atomic E-state index is 11.8. The lowest BCUT2D eigenvalue weighted by atomic mass is 10.0. The van der Waals surface area contributed by atoms with E-state index in [0.29, 0.717) is 5.76 Å². The minimum Gasteiger partial charge on any atom is -0.465 e. The lowest BCUT2D eigenvalue weighted by Gasteiger charge is -2.02. The van der Waals surface area contributed by atoms with Crippen molar-refractivity contribution in [1.82, 2.24) is 0 Å². The summed E-state index contributed by atoms with van der Waals surface area (Å²) in [6.45, 7) is 1.38. The minimum absolute atomic E-state index is 0.177. The summed E-state index contributed by atoms with van der Waals surface area (Å²) in [6, 6.07) is 9.11. The summed E-state index contributed by atoms with van der Waals surface area (Å²) in [5.74, 6) is -0.457. The maximum atomic E-state index is 11.8. The number of hydrogen-bond acceptors (Lipinski definition) is 4. The molecule has 0 N–H and O–H groups in total. The quantitative estimate of drug-likeness (QED) is 0.615. The van der Waals surface area contributed by atoms with E-state index < -0.39 is 5.97 Å². The molecule has 0 spiro atoms. The van der Waals surface area contributed by atoms with Gasteiger partial charge in [-0.05, 0) is 6.92 Å². The molecule has 0 saturated heterocycles. The number of ketones is 1. The summed E-state index contributed by atoms with van der Waals surface area (Å²) in [4.78, 5) is 23.2. The van der Waals surface area contributed by atoms with Crippen LogP contribution in [0.15, 0.2) is 41.0 Å². The Morgan fingerprint density at radius 2 is 1.83 bits per heavy atom. The number of furan rings is 1. The van der Waals surface area contributed by atoms with Gasteiger partial charge >= 0.3 is 5.97 Å². The summed E-state index contributed by atoms with van der Waals surface area (Å²) in [7, 11) is 1.27. The van der Waals surface area contributed by atoms with Gasteiger partial charge in [0.05, 0.1) is 12.7 Å². The van der Waals surface area contributed by atoms with Crippen LogP contribution in [0.25, 0.3) is 11.3 Å².